The van der Waals surface area contributed by atoms with Crippen LogP contribution in [0.1, 0.15) is 18.9 Å². The van der Waals surface area contributed by atoms with E-state index < -0.39 is 18.0 Å². The summed E-state index contributed by atoms with van der Waals surface area (Å²) in [5, 5.41) is 11.5. The Balaban J connectivity index is 2.01. The minimum absolute atomic E-state index is 0.0995. The second-order valence-corrected chi connectivity index (χ2v) is 5.70. The number of aryl methyl sites for hydroxylation is 1. The molecule has 24 heavy (non-hydrogen) atoms. The number of benzene rings is 1. The first-order valence-corrected chi connectivity index (χ1v) is 7.89. The van der Waals surface area contributed by atoms with Crippen LogP contribution in [0.2, 0.25) is 0 Å². The summed E-state index contributed by atoms with van der Waals surface area (Å²) in [7, 11) is 1.27. The van der Waals surface area contributed by atoms with Crippen LogP contribution in [-0.2, 0) is 25.5 Å². The first-order valence-electron chi connectivity index (χ1n) is 7.89. The summed E-state index contributed by atoms with van der Waals surface area (Å²) in [5.41, 5.74) is 1.89. The van der Waals surface area contributed by atoms with Gasteiger partial charge in [0.15, 0.2) is 6.10 Å². The highest BCUT2D eigenvalue weighted by Gasteiger charge is 2.36. The fraction of sp³-hybridized carbons (Fsp3) is 0.471. The monoisotopic (exact) mass is 334 g/mol. The fourth-order valence-electron chi connectivity index (χ4n) is 2.80. The Kier molecular flexibility index (Phi) is 5.92. The standard InChI is InChI=1S/C17H22N2O5/c1-3-11-6-4-5-7-13(11)19-10-12(8-15(19)20)16(21)18-9-14(24-2)17(22)23/h4-7,12,14H,3,8-10H2,1-2H3,(H,18,21)(H,22,23). The number of anilines is 1. The number of nitrogens with one attached hydrogen (secondary N) is 1. The van der Waals surface area contributed by atoms with Crippen LogP contribution < -0.4 is 10.2 Å². The molecule has 0 aromatic heterocycles. The molecule has 2 unspecified atom stereocenters. The zero-order chi connectivity index (χ0) is 17.7. The van der Waals surface area contributed by atoms with Gasteiger partial charge in [0, 0.05) is 25.8 Å². The summed E-state index contributed by atoms with van der Waals surface area (Å²) in [6.07, 6.45) is -0.178. The lowest BCUT2D eigenvalue weighted by molar-refractivity contribution is -0.148. The Hall–Kier alpha value is -2.41. The molecule has 2 rings (SSSR count). The van der Waals surface area contributed by atoms with Gasteiger partial charge in [0.25, 0.3) is 0 Å². The van der Waals surface area contributed by atoms with Gasteiger partial charge in [-0.3, -0.25) is 9.59 Å². The van der Waals surface area contributed by atoms with Crippen LogP contribution in [0, 0.1) is 5.92 Å². The number of para-hydroxylation sites is 1. The Morgan fingerprint density at radius 3 is 2.75 bits per heavy atom. The molecule has 0 aliphatic carbocycles. The molecule has 7 nitrogen and oxygen atoms in total. The van der Waals surface area contributed by atoms with Gasteiger partial charge in [-0.2, -0.15) is 0 Å². The molecule has 1 aliphatic heterocycles. The Morgan fingerprint density at radius 1 is 1.42 bits per heavy atom. The van der Waals surface area contributed by atoms with Gasteiger partial charge >= 0.3 is 5.97 Å². The summed E-state index contributed by atoms with van der Waals surface area (Å²) in [6, 6.07) is 7.63. The molecule has 0 spiro atoms. The third-order valence-electron chi connectivity index (χ3n) is 4.18. The molecular weight excluding hydrogens is 312 g/mol. The van der Waals surface area contributed by atoms with E-state index in [0.717, 1.165) is 17.7 Å². The van der Waals surface area contributed by atoms with E-state index in [2.05, 4.69) is 5.32 Å². The SMILES string of the molecule is CCc1ccccc1N1CC(C(=O)NCC(OC)C(=O)O)CC1=O. The lowest BCUT2D eigenvalue weighted by Crippen LogP contribution is -2.41. The van der Waals surface area contributed by atoms with Gasteiger partial charge in [-0.1, -0.05) is 25.1 Å². The number of nitrogens with zero attached hydrogens (tertiary/aromatic N) is 1. The Bertz CT molecular complexity index is 631. The van der Waals surface area contributed by atoms with E-state index in [1.807, 2.05) is 31.2 Å². The molecular formula is C17H22N2O5. The van der Waals surface area contributed by atoms with E-state index in [1.165, 1.54) is 7.11 Å². The number of carbonyl (C=O) groups excluding carboxylic acids is 2. The summed E-state index contributed by atoms with van der Waals surface area (Å²) < 4.78 is 4.78. The normalized spacial score (nSPS) is 18.5. The van der Waals surface area contributed by atoms with E-state index in [-0.39, 0.29) is 24.8 Å². The van der Waals surface area contributed by atoms with E-state index in [4.69, 9.17) is 9.84 Å². The number of hydrogen-bond donors (Lipinski definition) is 2. The van der Waals surface area contributed by atoms with E-state index in [0.29, 0.717) is 6.54 Å². The van der Waals surface area contributed by atoms with Gasteiger partial charge in [0.05, 0.1) is 12.5 Å². The number of aliphatic carboxylic acids is 1. The lowest BCUT2D eigenvalue weighted by atomic mass is 10.1. The summed E-state index contributed by atoms with van der Waals surface area (Å²) in [6.45, 7) is 2.19. The van der Waals surface area contributed by atoms with Crippen molar-refractivity contribution < 1.29 is 24.2 Å². The number of amides is 2. The van der Waals surface area contributed by atoms with Crippen molar-refractivity contribution in [3.63, 3.8) is 0 Å². The first-order chi connectivity index (χ1) is 11.5. The van der Waals surface area contributed by atoms with Crippen molar-refractivity contribution in [2.24, 2.45) is 5.92 Å². The average molecular weight is 334 g/mol. The van der Waals surface area contributed by atoms with Crippen molar-refractivity contribution in [1.29, 1.82) is 0 Å². The molecule has 2 amide bonds. The van der Waals surface area contributed by atoms with Gasteiger partial charge in [0.2, 0.25) is 11.8 Å². The van der Waals surface area contributed by atoms with E-state index >= 15 is 0 Å². The molecule has 0 bridgehead atoms. The lowest BCUT2D eigenvalue weighted by Gasteiger charge is -2.20. The summed E-state index contributed by atoms with van der Waals surface area (Å²) in [4.78, 5) is 37.0. The van der Waals surface area contributed by atoms with E-state index in [1.54, 1.807) is 4.90 Å². The van der Waals surface area contributed by atoms with Crippen LogP contribution in [-0.4, -0.2) is 49.2 Å². The smallest absolute Gasteiger partial charge is 0.334 e. The molecule has 7 heteroatoms. The van der Waals surface area contributed by atoms with Crippen LogP contribution >= 0.6 is 0 Å². The minimum atomic E-state index is -1.14. The van der Waals surface area contributed by atoms with Crippen molar-refractivity contribution in [2.45, 2.75) is 25.9 Å². The van der Waals surface area contributed by atoms with Crippen molar-refractivity contribution in [1.82, 2.24) is 5.32 Å². The number of hydrogen-bond acceptors (Lipinski definition) is 4. The predicted molar refractivity (Wildman–Crippen MR) is 87.7 cm³/mol. The Morgan fingerprint density at radius 2 is 2.12 bits per heavy atom. The quantitative estimate of drug-likeness (QED) is 0.769. The van der Waals surface area contributed by atoms with Crippen molar-refractivity contribution in [2.75, 3.05) is 25.1 Å². The molecule has 130 valence electrons. The molecule has 1 fully saturated rings. The molecule has 1 aromatic carbocycles. The third kappa shape index (κ3) is 3.91. The maximum atomic E-state index is 12.3. The van der Waals surface area contributed by atoms with Gasteiger partial charge in [-0.05, 0) is 18.1 Å². The average Bonchev–Trinajstić information content (AvgIpc) is 2.96. The number of rotatable bonds is 7. The van der Waals surface area contributed by atoms with Gasteiger partial charge in [0.1, 0.15) is 0 Å². The molecule has 0 saturated carbocycles. The highest BCUT2D eigenvalue weighted by atomic mass is 16.5. The van der Waals surface area contributed by atoms with Crippen LogP contribution in [0.15, 0.2) is 24.3 Å². The number of carbonyl (C=O) groups is 3. The van der Waals surface area contributed by atoms with Gasteiger partial charge in [-0.25, -0.2) is 4.79 Å². The Labute approximate surface area is 140 Å². The maximum absolute atomic E-state index is 12.3. The number of carboxylic acid groups (broad SMARTS) is 1. The topological polar surface area (TPSA) is 95.9 Å². The van der Waals surface area contributed by atoms with Crippen LogP contribution in [0.5, 0.6) is 0 Å². The highest BCUT2D eigenvalue weighted by Crippen LogP contribution is 2.28. The van der Waals surface area contributed by atoms with Crippen LogP contribution in [0.3, 0.4) is 0 Å². The predicted octanol–water partition coefficient (Wildman–Crippen LogP) is 0.818. The molecule has 1 saturated heterocycles. The number of carboxylic acids is 1. The molecule has 1 aromatic rings. The van der Waals surface area contributed by atoms with Crippen molar-refractivity contribution >= 4 is 23.5 Å². The zero-order valence-corrected chi connectivity index (χ0v) is 13.8. The number of methoxy groups -OCH3 is 1. The second-order valence-electron chi connectivity index (χ2n) is 5.70. The summed E-state index contributed by atoms with van der Waals surface area (Å²) in [5.74, 6) is -2.06. The van der Waals surface area contributed by atoms with Crippen molar-refractivity contribution in [3.8, 4) is 0 Å². The fourth-order valence-corrected chi connectivity index (χ4v) is 2.80. The second kappa shape index (κ2) is 7.92. The number of ether oxygens (including phenoxy) is 1. The van der Waals surface area contributed by atoms with Gasteiger partial charge in [-0.15, -0.1) is 0 Å². The third-order valence-corrected chi connectivity index (χ3v) is 4.18. The van der Waals surface area contributed by atoms with Crippen LogP contribution in [0.25, 0.3) is 0 Å². The molecule has 1 heterocycles. The molecule has 1 aliphatic rings. The highest BCUT2D eigenvalue weighted by molar-refractivity contribution is 6.00. The molecule has 2 N–H and O–H groups in total. The molecule has 2 atom stereocenters. The minimum Gasteiger partial charge on any atom is -0.479 e. The van der Waals surface area contributed by atoms with Crippen molar-refractivity contribution in [3.05, 3.63) is 29.8 Å². The largest absolute Gasteiger partial charge is 0.479 e. The van der Waals surface area contributed by atoms with Gasteiger partial charge < -0.3 is 20.1 Å². The van der Waals surface area contributed by atoms with E-state index in [9.17, 15) is 14.4 Å². The zero-order valence-electron chi connectivity index (χ0n) is 13.8. The molecule has 0 radical (unpaired) electrons. The first kappa shape index (κ1) is 17.9. The van der Waals surface area contributed by atoms with Crippen LogP contribution in [0.4, 0.5) is 5.69 Å². The summed E-state index contributed by atoms with van der Waals surface area (Å²) >= 11 is 0. The maximum Gasteiger partial charge on any atom is 0.334 e.